The van der Waals surface area contributed by atoms with Gasteiger partial charge in [0.2, 0.25) is 0 Å². The van der Waals surface area contributed by atoms with Crippen LogP contribution in [0.15, 0.2) is 18.2 Å². The summed E-state index contributed by atoms with van der Waals surface area (Å²) in [6.45, 7) is 3.27. The van der Waals surface area contributed by atoms with E-state index in [1.54, 1.807) is 31.0 Å². The second kappa shape index (κ2) is 6.67. The van der Waals surface area contributed by atoms with Gasteiger partial charge < -0.3 is 10.2 Å². The summed E-state index contributed by atoms with van der Waals surface area (Å²) in [4.78, 5) is 24.8. The topological polar surface area (TPSA) is 75.5 Å². The zero-order valence-electron chi connectivity index (χ0n) is 12.5. The molecule has 1 unspecified atom stereocenters. The minimum atomic E-state index is -0.493. The number of benzene rings is 1. The first-order valence-corrected chi connectivity index (χ1v) is 7.23. The Morgan fingerprint density at radius 3 is 2.86 bits per heavy atom. The highest BCUT2D eigenvalue weighted by molar-refractivity contribution is 5.99. The van der Waals surface area contributed by atoms with E-state index >= 15 is 0 Å². The fourth-order valence-electron chi connectivity index (χ4n) is 2.77. The number of nitrogens with one attached hydrogen (secondary N) is 1. The average molecular weight is 291 g/mol. The molecular formula is C15H21N3O3. The van der Waals surface area contributed by atoms with Crippen LogP contribution in [0.1, 0.15) is 35.2 Å². The smallest absolute Gasteiger partial charge is 0.282 e. The third-order valence-electron chi connectivity index (χ3n) is 3.91. The summed E-state index contributed by atoms with van der Waals surface area (Å²) in [5.74, 6) is -0.285. The predicted octanol–water partition coefficient (Wildman–Crippen LogP) is 2.12. The van der Waals surface area contributed by atoms with E-state index in [1.807, 2.05) is 0 Å². The maximum atomic E-state index is 12.6. The van der Waals surface area contributed by atoms with Gasteiger partial charge in [-0.2, -0.15) is 0 Å². The molecule has 0 saturated carbocycles. The van der Waals surface area contributed by atoms with Gasteiger partial charge in [-0.25, -0.2) is 0 Å². The van der Waals surface area contributed by atoms with Crippen molar-refractivity contribution in [3.8, 4) is 0 Å². The largest absolute Gasteiger partial charge is 0.340 e. The third-order valence-corrected chi connectivity index (χ3v) is 3.91. The van der Waals surface area contributed by atoms with Crippen molar-refractivity contribution < 1.29 is 9.72 Å². The van der Waals surface area contributed by atoms with Crippen molar-refractivity contribution in [2.24, 2.45) is 0 Å². The van der Waals surface area contributed by atoms with Crippen LogP contribution < -0.4 is 5.32 Å². The van der Waals surface area contributed by atoms with Crippen molar-refractivity contribution in [1.29, 1.82) is 0 Å². The SMILES string of the molecule is Cc1cccc([N+](=O)[O-])c1C(=O)N(C)CC1CCCCN1. The molecule has 1 aliphatic heterocycles. The summed E-state index contributed by atoms with van der Waals surface area (Å²) in [7, 11) is 1.70. The van der Waals surface area contributed by atoms with Gasteiger partial charge in [0.15, 0.2) is 0 Å². The predicted molar refractivity (Wildman–Crippen MR) is 80.4 cm³/mol. The summed E-state index contributed by atoms with van der Waals surface area (Å²) in [6.07, 6.45) is 3.36. The van der Waals surface area contributed by atoms with Gasteiger partial charge in [0.05, 0.1) is 4.92 Å². The number of nitro benzene ring substituents is 1. The van der Waals surface area contributed by atoms with Crippen LogP contribution in [0, 0.1) is 17.0 Å². The molecule has 1 aromatic carbocycles. The molecule has 21 heavy (non-hydrogen) atoms. The Morgan fingerprint density at radius 1 is 1.48 bits per heavy atom. The number of amides is 1. The maximum Gasteiger partial charge on any atom is 0.282 e. The zero-order valence-corrected chi connectivity index (χ0v) is 12.5. The molecule has 0 aromatic heterocycles. The maximum absolute atomic E-state index is 12.6. The van der Waals surface area contributed by atoms with Crippen LogP contribution in [-0.4, -0.2) is 41.9 Å². The van der Waals surface area contributed by atoms with Gasteiger partial charge in [-0.3, -0.25) is 14.9 Å². The fraction of sp³-hybridized carbons (Fsp3) is 0.533. The van der Waals surface area contributed by atoms with Crippen LogP contribution in [-0.2, 0) is 0 Å². The number of hydrogen-bond donors (Lipinski definition) is 1. The van der Waals surface area contributed by atoms with Gasteiger partial charge in [-0.1, -0.05) is 18.6 Å². The van der Waals surface area contributed by atoms with E-state index in [-0.39, 0.29) is 23.2 Å². The van der Waals surface area contributed by atoms with E-state index in [9.17, 15) is 14.9 Å². The van der Waals surface area contributed by atoms with E-state index in [0.29, 0.717) is 12.1 Å². The molecule has 1 N–H and O–H groups in total. The van der Waals surface area contributed by atoms with Crippen molar-refractivity contribution >= 4 is 11.6 Å². The number of nitro groups is 1. The van der Waals surface area contributed by atoms with Crippen LogP contribution in [0.3, 0.4) is 0 Å². The van der Waals surface area contributed by atoms with Crippen LogP contribution in [0.2, 0.25) is 0 Å². The second-order valence-electron chi connectivity index (χ2n) is 5.56. The second-order valence-corrected chi connectivity index (χ2v) is 5.56. The monoisotopic (exact) mass is 291 g/mol. The number of likely N-dealkylation sites (N-methyl/N-ethyl adjacent to an activating group) is 1. The molecule has 1 atom stereocenters. The van der Waals surface area contributed by atoms with E-state index in [1.165, 1.54) is 6.07 Å². The lowest BCUT2D eigenvalue weighted by molar-refractivity contribution is -0.385. The normalized spacial score (nSPS) is 18.3. The van der Waals surface area contributed by atoms with Crippen LogP contribution in [0.25, 0.3) is 0 Å². The van der Waals surface area contributed by atoms with Gasteiger partial charge in [0.1, 0.15) is 5.56 Å². The Balaban J connectivity index is 2.17. The number of piperidine rings is 1. The average Bonchev–Trinajstić information content (AvgIpc) is 2.47. The Labute approximate surface area is 124 Å². The number of nitrogens with zero attached hydrogens (tertiary/aromatic N) is 2. The molecule has 114 valence electrons. The lowest BCUT2D eigenvalue weighted by atomic mass is 10.0. The summed E-state index contributed by atoms with van der Waals surface area (Å²) in [6, 6.07) is 4.99. The lowest BCUT2D eigenvalue weighted by Crippen LogP contribution is -2.44. The highest BCUT2D eigenvalue weighted by Crippen LogP contribution is 2.23. The van der Waals surface area contributed by atoms with Gasteiger partial charge >= 0.3 is 0 Å². The van der Waals surface area contributed by atoms with Crippen molar-refractivity contribution in [2.75, 3.05) is 20.1 Å². The fourth-order valence-corrected chi connectivity index (χ4v) is 2.77. The minimum absolute atomic E-state index is 0.122. The van der Waals surface area contributed by atoms with Crippen LogP contribution in [0.4, 0.5) is 5.69 Å². The number of rotatable bonds is 4. The van der Waals surface area contributed by atoms with Gasteiger partial charge in [0, 0.05) is 25.7 Å². The summed E-state index contributed by atoms with van der Waals surface area (Å²) in [5.41, 5.74) is 0.710. The van der Waals surface area contributed by atoms with Crippen LogP contribution in [0.5, 0.6) is 0 Å². The van der Waals surface area contributed by atoms with Crippen molar-refractivity contribution in [3.05, 3.63) is 39.4 Å². The van der Waals surface area contributed by atoms with Crippen molar-refractivity contribution in [1.82, 2.24) is 10.2 Å². The Hall–Kier alpha value is -1.95. The molecule has 1 heterocycles. The number of carbonyl (C=O) groups excluding carboxylic acids is 1. The van der Waals surface area contributed by atoms with Gasteiger partial charge in [-0.15, -0.1) is 0 Å². The van der Waals surface area contributed by atoms with E-state index in [2.05, 4.69) is 5.32 Å². The number of carbonyl (C=O) groups is 1. The van der Waals surface area contributed by atoms with Gasteiger partial charge in [0.25, 0.3) is 11.6 Å². The Kier molecular flexibility index (Phi) is 4.90. The molecule has 1 fully saturated rings. The molecule has 2 rings (SSSR count). The molecule has 0 radical (unpaired) electrons. The summed E-state index contributed by atoms with van der Waals surface area (Å²) >= 11 is 0. The molecule has 6 nitrogen and oxygen atoms in total. The molecule has 1 aromatic rings. The molecule has 0 spiro atoms. The first kappa shape index (κ1) is 15.4. The van der Waals surface area contributed by atoms with Crippen molar-refractivity contribution in [3.63, 3.8) is 0 Å². The summed E-state index contributed by atoms with van der Waals surface area (Å²) in [5, 5.41) is 14.5. The molecular weight excluding hydrogens is 270 g/mol. The minimum Gasteiger partial charge on any atom is -0.340 e. The molecule has 1 amide bonds. The molecule has 1 saturated heterocycles. The lowest BCUT2D eigenvalue weighted by Gasteiger charge is -2.28. The highest BCUT2D eigenvalue weighted by atomic mass is 16.6. The zero-order chi connectivity index (χ0) is 15.4. The first-order chi connectivity index (χ1) is 10.0. The standard InChI is InChI=1S/C15H21N3O3/c1-11-6-5-8-13(18(20)21)14(11)15(19)17(2)10-12-7-3-4-9-16-12/h5-6,8,12,16H,3-4,7,9-10H2,1-2H3. The molecule has 1 aliphatic rings. The van der Waals surface area contributed by atoms with E-state index < -0.39 is 4.92 Å². The summed E-state index contributed by atoms with van der Waals surface area (Å²) < 4.78 is 0. The highest BCUT2D eigenvalue weighted by Gasteiger charge is 2.26. The Morgan fingerprint density at radius 2 is 2.24 bits per heavy atom. The molecule has 0 bridgehead atoms. The molecule has 0 aliphatic carbocycles. The number of aryl methyl sites for hydroxylation is 1. The Bertz CT molecular complexity index is 539. The van der Waals surface area contributed by atoms with Crippen LogP contribution >= 0.6 is 0 Å². The molecule has 6 heteroatoms. The number of hydrogen-bond acceptors (Lipinski definition) is 4. The van der Waals surface area contributed by atoms with Crippen molar-refractivity contribution in [2.45, 2.75) is 32.2 Å². The van der Waals surface area contributed by atoms with Gasteiger partial charge in [-0.05, 0) is 31.9 Å². The van der Waals surface area contributed by atoms with E-state index in [0.717, 1.165) is 25.8 Å². The third kappa shape index (κ3) is 3.58. The first-order valence-electron chi connectivity index (χ1n) is 7.23. The quantitative estimate of drug-likeness (QED) is 0.681. The van der Waals surface area contributed by atoms with E-state index in [4.69, 9.17) is 0 Å².